The summed E-state index contributed by atoms with van der Waals surface area (Å²) < 4.78 is 37.4. The van der Waals surface area contributed by atoms with E-state index in [-0.39, 0.29) is 24.4 Å². The summed E-state index contributed by atoms with van der Waals surface area (Å²) in [6, 6.07) is 10.5. The van der Waals surface area contributed by atoms with E-state index in [1.165, 1.54) is 6.07 Å². The fourth-order valence-corrected chi connectivity index (χ4v) is 3.18. The number of amides is 1. The van der Waals surface area contributed by atoms with E-state index in [1.54, 1.807) is 29.3 Å². The van der Waals surface area contributed by atoms with E-state index in [1.807, 2.05) is 6.07 Å². The molecule has 30 heavy (non-hydrogen) atoms. The first-order chi connectivity index (χ1) is 14.6. The van der Waals surface area contributed by atoms with Crippen LogP contribution in [0.3, 0.4) is 0 Å². The Hall–Kier alpha value is -3.33. The second-order valence-corrected chi connectivity index (χ2v) is 6.82. The van der Waals surface area contributed by atoms with E-state index in [0.717, 1.165) is 17.8 Å². The second kappa shape index (κ2) is 9.00. The van der Waals surface area contributed by atoms with Crippen LogP contribution in [-0.4, -0.2) is 52.3 Å². The molecule has 2 aromatic heterocycles. The van der Waals surface area contributed by atoms with Gasteiger partial charge in [-0.05, 0) is 30.3 Å². The Morgan fingerprint density at radius 2 is 2.13 bits per heavy atom. The van der Waals surface area contributed by atoms with Gasteiger partial charge in [-0.2, -0.15) is 5.10 Å². The molecule has 1 N–H and O–H groups in total. The Morgan fingerprint density at radius 3 is 2.93 bits per heavy atom. The number of hydrogen-bond acceptors (Lipinski definition) is 5. The van der Waals surface area contributed by atoms with E-state index in [0.29, 0.717) is 37.5 Å². The first-order valence-corrected chi connectivity index (χ1v) is 9.54. The summed E-state index contributed by atoms with van der Waals surface area (Å²) in [5.74, 6) is -1.74. The van der Waals surface area contributed by atoms with Crippen molar-refractivity contribution in [3.63, 3.8) is 0 Å². The number of halogens is 2. The molecule has 0 radical (unpaired) electrons. The zero-order valence-electron chi connectivity index (χ0n) is 16.1. The minimum absolute atomic E-state index is 0.139. The van der Waals surface area contributed by atoms with Crippen LogP contribution >= 0.6 is 0 Å². The van der Waals surface area contributed by atoms with Crippen LogP contribution in [0, 0.1) is 11.6 Å². The predicted octanol–water partition coefficient (Wildman–Crippen LogP) is 2.92. The molecule has 1 saturated heterocycles. The third-order valence-corrected chi connectivity index (χ3v) is 4.75. The molecule has 0 spiro atoms. The Bertz CT molecular complexity index is 1010. The van der Waals surface area contributed by atoms with Crippen LogP contribution in [0.15, 0.2) is 48.7 Å². The monoisotopic (exact) mass is 414 g/mol. The maximum absolute atomic E-state index is 13.2. The van der Waals surface area contributed by atoms with Gasteiger partial charge in [0.25, 0.3) is 5.91 Å². The molecule has 0 bridgehead atoms. The van der Waals surface area contributed by atoms with Crippen LogP contribution in [0.25, 0.3) is 0 Å². The Kier molecular flexibility index (Phi) is 5.99. The molecule has 3 aromatic rings. The number of carbonyl (C=O) groups excluding carboxylic acids is 1. The standard InChI is InChI=1S/C21H20F2N4O3/c22-16-5-4-15(12-17(16)23)29-9-6-14-11-19(26-25-14)20-13-27(8-10-30-20)21(28)18-3-1-2-7-24-18/h1-5,7,11-12,20H,6,8-10,13H2,(H,25,26). The largest absolute Gasteiger partial charge is 0.493 e. The van der Waals surface area contributed by atoms with Gasteiger partial charge in [-0.3, -0.25) is 14.9 Å². The minimum atomic E-state index is -0.949. The molecule has 1 aliphatic heterocycles. The molecular weight excluding hydrogens is 394 g/mol. The summed E-state index contributed by atoms with van der Waals surface area (Å²) in [5.41, 5.74) is 1.90. The average molecular weight is 414 g/mol. The third-order valence-electron chi connectivity index (χ3n) is 4.75. The van der Waals surface area contributed by atoms with Gasteiger partial charge in [-0.1, -0.05) is 6.07 Å². The van der Waals surface area contributed by atoms with Gasteiger partial charge in [-0.15, -0.1) is 0 Å². The van der Waals surface area contributed by atoms with Gasteiger partial charge in [0.05, 0.1) is 25.5 Å². The fraction of sp³-hybridized carbons (Fsp3) is 0.286. The highest BCUT2D eigenvalue weighted by molar-refractivity contribution is 5.92. The van der Waals surface area contributed by atoms with Crippen molar-refractivity contribution in [3.8, 4) is 5.75 Å². The number of hydrogen-bond donors (Lipinski definition) is 1. The maximum Gasteiger partial charge on any atom is 0.272 e. The number of aromatic nitrogens is 3. The summed E-state index contributed by atoms with van der Waals surface area (Å²) in [6.07, 6.45) is 1.74. The summed E-state index contributed by atoms with van der Waals surface area (Å²) >= 11 is 0. The molecule has 3 heterocycles. The number of nitrogens with zero attached hydrogens (tertiary/aromatic N) is 3. The molecule has 0 saturated carbocycles. The second-order valence-electron chi connectivity index (χ2n) is 6.82. The van der Waals surface area contributed by atoms with Crippen molar-refractivity contribution < 1.29 is 23.0 Å². The molecule has 1 atom stereocenters. The van der Waals surface area contributed by atoms with Crippen molar-refractivity contribution in [3.05, 3.63) is 77.4 Å². The molecule has 1 aliphatic rings. The van der Waals surface area contributed by atoms with Crippen LogP contribution in [0.4, 0.5) is 8.78 Å². The maximum atomic E-state index is 13.2. The lowest BCUT2D eigenvalue weighted by atomic mass is 10.1. The van der Waals surface area contributed by atoms with Gasteiger partial charge in [0.2, 0.25) is 0 Å². The van der Waals surface area contributed by atoms with Crippen molar-refractivity contribution >= 4 is 5.91 Å². The van der Waals surface area contributed by atoms with Gasteiger partial charge in [0, 0.05) is 30.9 Å². The molecule has 156 valence electrons. The molecule has 0 aliphatic carbocycles. The molecule has 7 nitrogen and oxygen atoms in total. The Morgan fingerprint density at radius 1 is 1.23 bits per heavy atom. The molecule has 9 heteroatoms. The summed E-state index contributed by atoms with van der Waals surface area (Å²) in [6.45, 7) is 1.55. The lowest BCUT2D eigenvalue weighted by Gasteiger charge is -2.31. The predicted molar refractivity (Wildman–Crippen MR) is 103 cm³/mol. The summed E-state index contributed by atoms with van der Waals surface area (Å²) in [5, 5.41) is 7.21. The molecule has 1 amide bonds. The van der Waals surface area contributed by atoms with Gasteiger partial charge in [0.1, 0.15) is 17.5 Å². The molecule has 1 unspecified atom stereocenters. The van der Waals surface area contributed by atoms with E-state index in [9.17, 15) is 13.6 Å². The number of ether oxygens (including phenoxy) is 2. The zero-order valence-corrected chi connectivity index (χ0v) is 16.1. The highest BCUT2D eigenvalue weighted by Crippen LogP contribution is 2.22. The van der Waals surface area contributed by atoms with Gasteiger partial charge in [-0.25, -0.2) is 8.78 Å². The van der Waals surface area contributed by atoms with Crippen LogP contribution in [0.1, 0.15) is 28.0 Å². The number of rotatable bonds is 6. The van der Waals surface area contributed by atoms with Crippen LogP contribution in [0.5, 0.6) is 5.75 Å². The van der Waals surface area contributed by atoms with E-state index in [2.05, 4.69) is 15.2 Å². The van der Waals surface area contributed by atoms with Gasteiger partial charge < -0.3 is 14.4 Å². The lowest BCUT2D eigenvalue weighted by molar-refractivity contribution is -0.0249. The van der Waals surface area contributed by atoms with Crippen LogP contribution in [0.2, 0.25) is 0 Å². The minimum Gasteiger partial charge on any atom is -0.493 e. The fourth-order valence-electron chi connectivity index (χ4n) is 3.18. The van der Waals surface area contributed by atoms with E-state index < -0.39 is 11.6 Å². The van der Waals surface area contributed by atoms with Crippen molar-refractivity contribution in [2.24, 2.45) is 0 Å². The van der Waals surface area contributed by atoms with Gasteiger partial charge >= 0.3 is 0 Å². The lowest BCUT2D eigenvalue weighted by Crippen LogP contribution is -2.42. The van der Waals surface area contributed by atoms with E-state index >= 15 is 0 Å². The summed E-state index contributed by atoms with van der Waals surface area (Å²) in [4.78, 5) is 18.4. The molecular formula is C21H20F2N4O3. The van der Waals surface area contributed by atoms with Crippen LogP contribution < -0.4 is 4.74 Å². The van der Waals surface area contributed by atoms with Crippen molar-refractivity contribution in [2.75, 3.05) is 26.3 Å². The smallest absolute Gasteiger partial charge is 0.272 e. The Balaban J connectivity index is 1.32. The van der Waals surface area contributed by atoms with Crippen molar-refractivity contribution in [1.29, 1.82) is 0 Å². The Labute approximate surface area is 171 Å². The van der Waals surface area contributed by atoms with Crippen molar-refractivity contribution in [2.45, 2.75) is 12.5 Å². The highest BCUT2D eigenvalue weighted by Gasteiger charge is 2.28. The number of benzene rings is 1. The summed E-state index contributed by atoms with van der Waals surface area (Å²) in [7, 11) is 0. The van der Waals surface area contributed by atoms with E-state index in [4.69, 9.17) is 9.47 Å². The highest BCUT2D eigenvalue weighted by atomic mass is 19.2. The topological polar surface area (TPSA) is 80.3 Å². The SMILES string of the molecule is O=C(c1ccccn1)N1CCOC(c2cc(CCOc3ccc(F)c(F)c3)[nH]n2)C1. The molecule has 1 fully saturated rings. The average Bonchev–Trinajstić information content (AvgIpc) is 3.25. The van der Waals surface area contributed by atoms with Crippen molar-refractivity contribution in [1.82, 2.24) is 20.1 Å². The quantitative estimate of drug-likeness (QED) is 0.671. The zero-order chi connectivity index (χ0) is 20.9. The number of carbonyl (C=O) groups is 1. The number of morpholine rings is 1. The van der Waals surface area contributed by atoms with Gasteiger partial charge in [0.15, 0.2) is 11.6 Å². The first kappa shape index (κ1) is 20.0. The normalized spacial score (nSPS) is 16.5. The molecule has 4 rings (SSSR count). The third kappa shape index (κ3) is 4.62. The number of H-pyrrole nitrogens is 1. The number of pyridine rings is 1. The first-order valence-electron chi connectivity index (χ1n) is 9.54. The molecule has 1 aromatic carbocycles. The number of nitrogens with one attached hydrogen (secondary N) is 1. The van der Waals surface area contributed by atoms with Crippen LogP contribution in [-0.2, 0) is 11.2 Å². The number of aromatic amines is 1.